The van der Waals surface area contributed by atoms with Gasteiger partial charge in [0.05, 0.1) is 0 Å². The summed E-state index contributed by atoms with van der Waals surface area (Å²) >= 11 is 0. The number of hydrogen-bond acceptors (Lipinski definition) is 2. The fraction of sp³-hybridized carbons (Fsp3) is 1.00. The molecule has 0 saturated carbocycles. The highest BCUT2D eigenvalue weighted by Crippen LogP contribution is 2.03. The summed E-state index contributed by atoms with van der Waals surface area (Å²) in [6, 6.07) is 0.996. The molecule has 0 radical (unpaired) electrons. The normalized spacial score (nSPS) is 15.9. The van der Waals surface area contributed by atoms with Gasteiger partial charge in [-0.25, -0.2) is 0 Å². The van der Waals surface area contributed by atoms with Crippen molar-refractivity contribution in [2.24, 2.45) is 11.7 Å². The Bertz CT molecular complexity index is 123. The summed E-state index contributed by atoms with van der Waals surface area (Å²) in [4.78, 5) is 0. The number of nitrogens with two attached hydrogens (primary N) is 1. The quantitative estimate of drug-likeness (QED) is 0.632. The van der Waals surface area contributed by atoms with E-state index in [-0.39, 0.29) is 0 Å². The van der Waals surface area contributed by atoms with Crippen LogP contribution in [0, 0.1) is 5.92 Å². The first-order valence-electron chi connectivity index (χ1n) is 6.06. The van der Waals surface area contributed by atoms with Crippen molar-refractivity contribution in [2.45, 2.75) is 65.5 Å². The van der Waals surface area contributed by atoms with Gasteiger partial charge in [0.1, 0.15) is 0 Å². The Labute approximate surface area is 89.6 Å². The molecule has 0 bridgehead atoms. The van der Waals surface area contributed by atoms with Crippen LogP contribution in [0.3, 0.4) is 0 Å². The lowest BCUT2D eigenvalue weighted by atomic mass is 10.0. The largest absolute Gasteiger partial charge is 0.327 e. The van der Waals surface area contributed by atoms with Gasteiger partial charge in [-0.2, -0.15) is 0 Å². The first kappa shape index (κ1) is 13.9. The summed E-state index contributed by atoms with van der Waals surface area (Å²) in [5, 5.41) is 3.52. The molecule has 2 heteroatoms. The van der Waals surface area contributed by atoms with Gasteiger partial charge in [0.2, 0.25) is 0 Å². The van der Waals surface area contributed by atoms with Gasteiger partial charge in [0.25, 0.3) is 0 Å². The van der Waals surface area contributed by atoms with Gasteiger partial charge in [-0.15, -0.1) is 0 Å². The lowest BCUT2D eigenvalue weighted by Crippen LogP contribution is -2.34. The maximum Gasteiger partial charge on any atom is 0.00739 e. The molecule has 0 spiro atoms. The van der Waals surface area contributed by atoms with Crippen LogP contribution < -0.4 is 11.1 Å². The molecule has 0 fully saturated rings. The van der Waals surface area contributed by atoms with Crippen LogP contribution in [-0.4, -0.2) is 18.6 Å². The third-order valence-electron chi connectivity index (χ3n) is 2.82. The zero-order valence-corrected chi connectivity index (χ0v) is 10.3. The Hall–Kier alpha value is -0.0800. The monoisotopic (exact) mass is 200 g/mol. The van der Waals surface area contributed by atoms with Crippen molar-refractivity contribution in [1.29, 1.82) is 0 Å². The Morgan fingerprint density at radius 3 is 2.29 bits per heavy atom. The van der Waals surface area contributed by atoms with E-state index in [2.05, 4.69) is 33.0 Å². The third-order valence-corrected chi connectivity index (χ3v) is 2.82. The molecule has 0 aromatic rings. The summed E-state index contributed by atoms with van der Waals surface area (Å²) < 4.78 is 0. The molecular weight excluding hydrogens is 172 g/mol. The Kier molecular flexibility index (Phi) is 8.20. The molecule has 14 heavy (non-hydrogen) atoms. The van der Waals surface area contributed by atoms with E-state index < -0.39 is 0 Å². The highest BCUT2D eigenvalue weighted by Gasteiger charge is 2.07. The molecule has 0 saturated heterocycles. The second-order valence-corrected chi connectivity index (χ2v) is 4.69. The fourth-order valence-electron chi connectivity index (χ4n) is 1.44. The van der Waals surface area contributed by atoms with Crippen LogP contribution in [0.15, 0.2) is 0 Å². The van der Waals surface area contributed by atoms with E-state index in [9.17, 15) is 0 Å². The van der Waals surface area contributed by atoms with Crippen LogP contribution in [-0.2, 0) is 0 Å². The first-order chi connectivity index (χ1) is 6.57. The third kappa shape index (κ3) is 7.34. The molecule has 0 rings (SSSR count). The number of rotatable bonds is 8. The number of unbranched alkanes of at least 4 members (excludes halogenated alkanes) is 1. The summed E-state index contributed by atoms with van der Waals surface area (Å²) in [5.41, 5.74) is 5.96. The molecule has 0 heterocycles. The Balaban J connectivity index is 3.34. The van der Waals surface area contributed by atoms with Gasteiger partial charge in [-0.1, -0.05) is 33.6 Å². The topological polar surface area (TPSA) is 38.0 Å². The molecule has 0 aliphatic heterocycles. The van der Waals surface area contributed by atoms with Gasteiger partial charge < -0.3 is 11.1 Å². The van der Waals surface area contributed by atoms with E-state index in [1.165, 1.54) is 19.3 Å². The van der Waals surface area contributed by atoms with Gasteiger partial charge in [-0.05, 0) is 32.2 Å². The van der Waals surface area contributed by atoms with Crippen LogP contribution in [0.5, 0.6) is 0 Å². The van der Waals surface area contributed by atoms with Crippen molar-refractivity contribution < 1.29 is 0 Å². The molecule has 3 N–H and O–H groups in total. The molecule has 0 aromatic carbocycles. The van der Waals surface area contributed by atoms with Crippen LogP contribution >= 0.6 is 0 Å². The highest BCUT2D eigenvalue weighted by molar-refractivity contribution is 4.68. The minimum absolute atomic E-state index is 0.348. The number of nitrogens with one attached hydrogen (secondary N) is 1. The molecule has 2 unspecified atom stereocenters. The fourth-order valence-corrected chi connectivity index (χ4v) is 1.44. The first-order valence-corrected chi connectivity index (χ1v) is 6.06. The molecule has 0 aromatic heterocycles. The van der Waals surface area contributed by atoms with E-state index in [1.54, 1.807) is 0 Å². The van der Waals surface area contributed by atoms with E-state index in [4.69, 9.17) is 5.73 Å². The summed E-state index contributed by atoms with van der Waals surface area (Å²) in [6.07, 6.45) is 4.99. The predicted molar refractivity (Wildman–Crippen MR) is 64.4 cm³/mol. The maximum absolute atomic E-state index is 5.96. The average Bonchev–Trinajstić information content (AvgIpc) is 2.14. The van der Waals surface area contributed by atoms with E-state index in [1.807, 2.05) is 0 Å². The van der Waals surface area contributed by atoms with Crippen molar-refractivity contribution >= 4 is 0 Å². The lowest BCUT2D eigenvalue weighted by Gasteiger charge is -2.18. The van der Waals surface area contributed by atoms with Crippen molar-refractivity contribution in [2.75, 3.05) is 6.54 Å². The second-order valence-electron chi connectivity index (χ2n) is 4.69. The van der Waals surface area contributed by atoms with Crippen LogP contribution in [0.4, 0.5) is 0 Å². The molecule has 0 amide bonds. The van der Waals surface area contributed by atoms with E-state index >= 15 is 0 Å². The Morgan fingerprint density at radius 2 is 1.79 bits per heavy atom. The lowest BCUT2D eigenvalue weighted by molar-refractivity contribution is 0.421. The molecule has 2 nitrogen and oxygen atoms in total. The summed E-state index contributed by atoms with van der Waals surface area (Å²) in [7, 11) is 0. The standard InChI is InChI=1S/C12H28N2/c1-5-6-7-11(4)14-9-8-12(13)10(2)3/h10-12,14H,5-9,13H2,1-4H3. The van der Waals surface area contributed by atoms with Crippen molar-refractivity contribution in [3.63, 3.8) is 0 Å². The van der Waals surface area contributed by atoms with Crippen LogP contribution in [0.2, 0.25) is 0 Å². The van der Waals surface area contributed by atoms with Crippen molar-refractivity contribution in [1.82, 2.24) is 5.32 Å². The number of hydrogen-bond donors (Lipinski definition) is 2. The minimum Gasteiger partial charge on any atom is -0.327 e. The van der Waals surface area contributed by atoms with Gasteiger partial charge in [-0.3, -0.25) is 0 Å². The van der Waals surface area contributed by atoms with Crippen LogP contribution in [0.25, 0.3) is 0 Å². The van der Waals surface area contributed by atoms with Gasteiger partial charge >= 0.3 is 0 Å². The Morgan fingerprint density at radius 1 is 1.14 bits per heavy atom. The van der Waals surface area contributed by atoms with Crippen LogP contribution in [0.1, 0.15) is 53.4 Å². The zero-order chi connectivity index (χ0) is 11.0. The molecular formula is C12H28N2. The average molecular weight is 200 g/mol. The second kappa shape index (κ2) is 8.25. The molecule has 0 aliphatic rings. The van der Waals surface area contributed by atoms with Gasteiger partial charge in [0, 0.05) is 12.1 Å². The smallest absolute Gasteiger partial charge is 0.00739 e. The SMILES string of the molecule is CCCCC(C)NCCC(N)C(C)C. The van der Waals surface area contributed by atoms with E-state index in [0.717, 1.165) is 13.0 Å². The maximum atomic E-state index is 5.96. The minimum atomic E-state index is 0.348. The molecule has 86 valence electrons. The predicted octanol–water partition coefficient (Wildman–Crippen LogP) is 2.53. The summed E-state index contributed by atoms with van der Waals surface area (Å²) in [5.74, 6) is 0.600. The van der Waals surface area contributed by atoms with Gasteiger partial charge in [0.15, 0.2) is 0 Å². The summed E-state index contributed by atoms with van der Waals surface area (Å²) in [6.45, 7) is 9.93. The highest BCUT2D eigenvalue weighted by atomic mass is 14.9. The van der Waals surface area contributed by atoms with E-state index in [0.29, 0.717) is 18.0 Å². The zero-order valence-electron chi connectivity index (χ0n) is 10.3. The van der Waals surface area contributed by atoms with Crippen molar-refractivity contribution in [3.8, 4) is 0 Å². The van der Waals surface area contributed by atoms with Crippen molar-refractivity contribution in [3.05, 3.63) is 0 Å². The molecule has 0 aliphatic carbocycles. The molecule has 2 atom stereocenters.